The van der Waals surface area contributed by atoms with Crippen LogP contribution in [0.5, 0.6) is 0 Å². The predicted octanol–water partition coefficient (Wildman–Crippen LogP) is 3.03. The Balaban J connectivity index is 2.26. The third kappa shape index (κ3) is 2.75. The van der Waals surface area contributed by atoms with Gasteiger partial charge < -0.3 is 10.4 Å². The Bertz CT molecular complexity index is 516. The van der Waals surface area contributed by atoms with Crippen molar-refractivity contribution >= 4 is 34.6 Å². The van der Waals surface area contributed by atoms with Gasteiger partial charge in [-0.25, -0.2) is 9.78 Å². The summed E-state index contributed by atoms with van der Waals surface area (Å²) in [5, 5.41) is 14.7. The van der Waals surface area contributed by atoms with E-state index in [1.165, 1.54) is 11.3 Å². The first-order valence-electron chi connectivity index (χ1n) is 4.82. The molecule has 0 aliphatic rings. The third-order valence-electron chi connectivity index (χ3n) is 2.12. The van der Waals surface area contributed by atoms with Gasteiger partial charge in [-0.2, -0.15) is 0 Å². The Hall–Kier alpha value is -1.59. The average Bonchev–Trinajstić information content (AvgIpc) is 2.81. The van der Waals surface area contributed by atoms with Crippen molar-refractivity contribution in [2.24, 2.45) is 0 Å². The number of hydrogen-bond acceptors (Lipinski definition) is 4. The molecule has 0 bridgehead atoms. The standard InChI is InChI=1S/C11H9ClN2O2S/c12-7-3-1-2-4-8(7)14-9(11(15)16)10-13-5-6-17-10/h1-6,9,14H,(H,15,16). The molecule has 2 rings (SSSR count). The number of nitrogens with one attached hydrogen (secondary N) is 1. The molecule has 1 aromatic carbocycles. The molecule has 6 heteroatoms. The van der Waals surface area contributed by atoms with Crippen LogP contribution in [0.1, 0.15) is 11.0 Å². The van der Waals surface area contributed by atoms with Gasteiger partial charge in [-0.3, -0.25) is 0 Å². The zero-order valence-corrected chi connectivity index (χ0v) is 10.2. The molecule has 1 atom stereocenters. The maximum Gasteiger partial charge on any atom is 0.333 e. The summed E-state index contributed by atoms with van der Waals surface area (Å²) in [6.07, 6.45) is 1.57. The van der Waals surface area contributed by atoms with Crippen molar-refractivity contribution in [3.63, 3.8) is 0 Å². The van der Waals surface area contributed by atoms with E-state index in [-0.39, 0.29) is 0 Å². The van der Waals surface area contributed by atoms with E-state index < -0.39 is 12.0 Å². The number of hydrogen-bond donors (Lipinski definition) is 2. The molecule has 2 N–H and O–H groups in total. The van der Waals surface area contributed by atoms with E-state index in [9.17, 15) is 4.79 Å². The molecular formula is C11H9ClN2O2S. The SMILES string of the molecule is O=C(O)C(Nc1ccccc1Cl)c1nccs1. The highest BCUT2D eigenvalue weighted by molar-refractivity contribution is 7.09. The molecule has 0 aliphatic carbocycles. The molecule has 17 heavy (non-hydrogen) atoms. The van der Waals surface area contributed by atoms with Crippen LogP contribution in [0.4, 0.5) is 5.69 Å². The van der Waals surface area contributed by atoms with Crippen molar-refractivity contribution in [1.82, 2.24) is 4.98 Å². The molecule has 88 valence electrons. The Morgan fingerprint density at radius 1 is 1.47 bits per heavy atom. The first-order chi connectivity index (χ1) is 8.18. The number of para-hydroxylation sites is 1. The molecule has 0 saturated heterocycles. The zero-order valence-electron chi connectivity index (χ0n) is 8.63. The van der Waals surface area contributed by atoms with Gasteiger partial charge >= 0.3 is 5.97 Å². The fourth-order valence-electron chi connectivity index (χ4n) is 1.34. The van der Waals surface area contributed by atoms with Gasteiger partial charge in [-0.15, -0.1) is 11.3 Å². The van der Waals surface area contributed by atoms with E-state index in [0.29, 0.717) is 15.7 Å². The number of anilines is 1. The smallest absolute Gasteiger partial charge is 0.333 e. The van der Waals surface area contributed by atoms with E-state index in [2.05, 4.69) is 10.3 Å². The normalized spacial score (nSPS) is 12.1. The van der Waals surface area contributed by atoms with Gasteiger partial charge in [0.05, 0.1) is 10.7 Å². The summed E-state index contributed by atoms with van der Waals surface area (Å²) in [4.78, 5) is 15.2. The average molecular weight is 269 g/mol. The summed E-state index contributed by atoms with van der Waals surface area (Å²) in [5.74, 6) is -0.986. The Kier molecular flexibility index (Phi) is 3.61. The minimum Gasteiger partial charge on any atom is -0.479 e. The number of nitrogens with zero attached hydrogens (tertiary/aromatic N) is 1. The van der Waals surface area contributed by atoms with Crippen molar-refractivity contribution in [2.45, 2.75) is 6.04 Å². The minimum absolute atomic E-state index is 0.482. The molecule has 0 spiro atoms. The van der Waals surface area contributed by atoms with Crippen LogP contribution in [0, 0.1) is 0 Å². The van der Waals surface area contributed by atoms with Gasteiger partial charge in [-0.05, 0) is 12.1 Å². The van der Waals surface area contributed by atoms with E-state index in [1.54, 1.807) is 35.8 Å². The molecule has 1 unspecified atom stereocenters. The maximum atomic E-state index is 11.2. The van der Waals surface area contributed by atoms with E-state index >= 15 is 0 Å². The molecule has 0 radical (unpaired) electrons. The van der Waals surface area contributed by atoms with Gasteiger partial charge in [0.1, 0.15) is 5.01 Å². The topological polar surface area (TPSA) is 62.2 Å². The third-order valence-corrected chi connectivity index (χ3v) is 3.29. The fourth-order valence-corrected chi connectivity index (χ4v) is 2.21. The van der Waals surface area contributed by atoms with Gasteiger partial charge in [0.15, 0.2) is 6.04 Å². The molecule has 0 saturated carbocycles. The van der Waals surface area contributed by atoms with Crippen LogP contribution in [-0.2, 0) is 4.79 Å². The van der Waals surface area contributed by atoms with Crippen LogP contribution in [0.15, 0.2) is 35.8 Å². The summed E-state index contributed by atoms with van der Waals surface area (Å²) >= 11 is 7.25. The molecule has 0 aliphatic heterocycles. The van der Waals surface area contributed by atoms with Crippen LogP contribution < -0.4 is 5.32 Å². The fraction of sp³-hybridized carbons (Fsp3) is 0.0909. The van der Waals surface area contributed by atoms with Crippen molar-refractivity contribution in [2.75, 3.05) is 5.32 Å². The number of aliphatic carboxylic acids is 1. The van der Waals surface area contributed by atoms with Crippen LogP contribution >= 0.6 is 22.9 Å². The largest absolute Gasteiger partial charge is 0.479 e. The van der Waals surface area contributed by atoms with Crippen LogP contribution in [0.2, 0.25) is 5.02 Å². The highest BCUT2D eigenvalue weighted by Gasteiger charge is 2.22. The molecule has 0 fully saturated rings. The number of rotatable bonds is 4. The van der Waals surface area contributed by atoms with Crippen molar-refractivity contribution in [3.8, 4) is 0 Å². The molecule has 2 aromatic rings. The minimum atomic E-state index is -0.986. The second-order valence-electron chi connectivity index (χ2n) is 3.27. The Morgan fingerprint density at radius 3 is 2.82 bits per heavy atom. The number of carbonyl (C=O) groups is 1. The quantitative estimate of drug-likeness (QED) is 0.895. The molecule has 0 amide bonds. The van der Waals surface area contributed by atoms with Gasteiger partial charge in [-0.1, -0.05) is 23.7 Å². The molecular weight excluding hydrogens is 260 g/mol. The van der Waals surface area contributed by atoms with E-state index in [1.807, 2.05) is 0 Å². The van der Waals surface area contributed by atoms with E-state index in [0.717, 1.165) is 0 Å². The van der Waals surface area contributed by atoms with Gasteiger partial charge in [0, 0.05) is 11.6 Å². The summed E-state index contributed by atoms with van der Waals surface area (Å²) in [6, 6.07) is 6.12. The van der Waals surface area contributed by atoms with Crippen molar-refractivity contribution in [1.29, 1.82) is 0 Å². The molecule has 1 aromatic heterocycles. The van der Waals surface area contributed by atoms with Crippen molar-refractivity contribution in [3.05, 3.63) is 45.9 Å². The first-order valence-corrected chi connectivity index (χ1v) is 6.07. The number of carboxylic acids is 1. The van der Waals surface area contributed by atoms with Crippen LogP contribution in [0.3, 0.4) is 0 Å². The second-order valence-corrected chi connectivity index (χ2v) is 4.60. The molecule has 4 nitrogen and oxygen atoms in total. The number of halogens is 1. The lowest BCUT2D eigenvalue weighted by molar-refractivity contribution is -0.138. The first kappa shape index (κ1) is 11.9. The Morgan fingerprint density at radius 2 is 2.24 bits per heavy atom. The second kappa shape index (κ2) is 5.16. The lowest BCUT2D eigenvalue weighted by Gasteiger charge is -2.14. The van der Waals surface area contributed by atoms with Gasteiger partial charge in [0.25, 0.3) is 0 Å². The van der Waals surface area contributed by atoms with Crippen LogP contribution in [0.25, 0.3) is 0 Å². The lowest BCUT2D eigenvalue weighted by atomic mass is 10.2. The number of benzene rings is 1. The highest BCUT2D eigenvalue weighted by Crippen LogP contribution is 2.26. The summed E-state index contributed by atoms with van der Waals surface area (Å²) in [5.41, 5.74) is 0.580. The van der Waals surface area contributed by atoms with E-state index in [4.69, 9.17) is 16.7 Å². The Labute approximate surface area is 107 Å². The number of thiazole rings is 1. The number of aromatic nitrogens is 1. The predicted molar refractivity (Wildman–Crippen MR) is 67.6 cm³/mol. The monoisotopic (exact) mass is 268 g/mol. The summed E-state index contributed by atoms with van der Waals surface area (Å²) < 4.78 is 0. The summed E-state index contributed by atoms with van der Waals surface area (Å²) in [7, 11) is 0. The number of carboxylic acid groups (broad SMARTS) is 1. The summed E-state index contributed by atoms with van der Waals surface area (Å²) in [6.45, 7) is 0. The zero-order chi connectivity index (χ0) is 12.3. The lowest BCUT2D eigenvalue weighted by Crippen LogP contribution is -2.20. The highest BCUT2D eigenvalue weighted by atomic mass is 35.5. The molecule has 1 heterocycles. The van der Waals surface area contributed by atoms with Crippen molar-refractivity contribution < 1.29 is 9.90 Å². The maximum absolute atomic E-state index is 11.2. The van der Waals surface area contributed by atoms with Gasteiger partial charge in [0.2, 0.25) is 0 Å². The van der Waals surface area contributed by atoms with Crippen LogP contribution in [-0.4, -0.2) is 16.1 Å².